The van der Waals surface area contributed by atoms with Crippen LogP contribution in [-0.4, -0.2) is 44.1 Å². The minimum absolute atomic E-state index is 0.370. The zero-order valence-electron chi connectivity index (χ0n) is 21.6. The number of hydrogen-bond acceptors (Lipinski definition) is 7. The largest absolute Gasteiger partial charge is 0.456 e. The van der Waals surface area contributed by atoms with E-state index in [4.69, 9.17) is 13.9 Å². The molecule has 0 spiro atoms. The lowest BCUT2D eigenvalue weighted by molar-refractivity contribution is -0.00211. The van der Waals surface area contributed by atoms with Crippen LogP contribution >= 0.6 is 0 Å². The summed E-state index contributed by atoms with van der Waals surface area (Å²) in [5.41, 5.74) is 4.01. The summed E-state index contributed by atoms with van der Waals surface area (Å²) in [6.45, 7) is 5.60. The Labute approximate surface area is 222 Å². The Morgan fingerprint density at radius 3 is 1.97 bits per heavy atom. The van der Waals surface area contributed by atoms with Gasteiger partial charge in [-0.05, 0) is 79.2 Å². The summed E-state index contributed by atoms with van der Waals surface area (Å²) in [6.07, 6.45) is 2.53. The summed E-state index contributed by atoms with van der Waals surface area (Å²) in [6, 6.07) is 24.3. The van der Waals surface area contributed by atoms with Crippen molar-refractivity contribution in [2.24, 2.45) is 9.98 Å². The molecular formula is C31H32N4O3. The number of hydrogen-bond donors (Lipinski definition) is 2. The maximum atomic E-state index is 6.26. The van der Waals surface area contributed by atoms with E-state index in [0.717, 1.165) is 102 Å². The average molecular weight is 509 g/mol. The van der Waals surface area contributed by atoms with Gasteiger partial charge in [0.25, 0.3) is 0 Å². The van der Waals surface area contributed by atoms with Crippen molar-refractivity contribution in [2.75, 3.05) is 26.2 Å². The molecule has 2 aliphatic heterocycles. The van der Waals surface area contributed by atoms with Crippen LogP contribution in [0.25, 0.3) is 22.3 Å². The molecule has 7 nitrogen and oxygen atoms in total. The van der Waals surface area contributed by atoms with Crippen LogP contribution in [0.3, 0.4) is 0 Å². The highest BCUT2D eigenvalue weighted by molar-refractivity contribution is 6.02. The zero-order chi connectivity index (χ0) is 25.7. The third kappa shape index (κ3) is 5.37. The Kier molecular flexibility index (Phi) is 6.98. The lowest BCUT2D eigenvalue weighted by Crippen LogP contribution is -2.24. The number of aliphatic imine (C=N–C) groups is 2. The van der Waals surface area contributed by atoms with E-state index in [-0.39, 0.29) is 6.29 Å². The van der Waals surface area contributed by atoms with E-state index in [2.05, 4.69) is 39.7 Å². The molecule has 3 aromatic carbocycles. The van der Waals surface area contributed by atoms with Gasteiger partial charge in [0, 0.05) is 41.6 Å². The first kappa shape index (κ1) is 24.1. The van der Waals surface area contributed by atoms with Crippen LogP contribution in [0.4, 0.5) is 0 Å². The third-order valence-corrected chi connectivity index (χ3v) is 6.73. The van der Waals surface area contributed by atoms with E-state index in [1.807, 2.05) is 60.7 Å². The molecule has 0 amide bonds. The summed E-state index contributed by atoms with van der Waals surface area (Å²) in [7, 11) is 0. The van der Waals surface area contributed by atoms with Crippen molar-refractivity contribution in [2.45, 2.75) is 32.5 Å². The highest BCUT2D eigenvalue weighted by atomic mass is 16.7. The fourth-order valence-electron chi connectivity index (χ4n) is 4.72. The second-order valence-corrected chi connectivity index (χ2v) is 9.53. The van der Waals surface area contributed by atoms with Crippen LogP contribution in [0.2, 0.25) is 0 Å². The van der Waals surface area contributed by atoms with E-state index < -0.39 is 0 Å². The predicted octanol–water partition coefficient (Wildman–Crippen LogP) is 5.77. The first-order valence-electron chi connectivity index (χ1n) is 13.4. The molecule has 1 unspecified atom stereocenters. The Bertz CT molecular complexity index is 1460. The van der Waals surface area contributed by atoms with Crippen molar-refractivity contribution in [3.05, 3.63) is 83.9 Å². The van der Waals surface area contributed by atoms with Crippen molar-refractivity contribution in [1.82, 2.24) is 10.6 Å². The fourth-order valence-corrected chi connectivity index (χ4v) is 4.72. The molecule has 7 heteroatoms. The smallest absolute Gasteiger partial charge is 0.241 e. The molecule has 1 atom stereocenters. The topological polar surface area (TPSA) is 80.4 Å². The van der Waals surface area contributed by atoms with Gasteiger partial charge in [-0.2, -0.15) is 0 Å². The first-order valence-corrected chi connectivity index (χ1v) is 13.4. The van der Waals surface area contributed by atoms with E-state index in [1.165, 1.54) is 0 Å². The number of unbranched alkanes of at least 4 members (excludes halogenated alkanes) is 1. The fraction of sp³-hybridized carbons (Fsp3) is 0.290. The highest BCUT2D eigenvalue weighted by Crippen LogP contribution is 2.30. The number of furan rings is 1. The zero-order valence-corrected chi connectivity index (χ0v) is 21.6. The van der Waals surface area contributed by atoms with Gasteiger partial charge in [-0.1, -0.05) is 13.3 Å². The van der Waals surface area contributed by atoms with Gasteiger partial charge >= 0.3 is 0 Å². The van der Waals surface area contributed by atoms with Crippen LogP contribution in [0, 0.1) is 0 Å². The molecule has 38 heavy (non-hydrogen) atoms. The molecule has 3 heterocycles. The molecule has 0 radical (unpaired) electrons. The Balaban J connectivity index is 1.14. The standard InChI is InChI=1S/C31H32N4O3/c1-2-3-4-29(37-26-12-7-22(8-13-26)30-32-15-16-33-30)36-25-10-5-21(6-11-25)28-20-24-19-23(9-14-27(24)38-28)31-34-17-18-35-31/h5-14,19-20,29H,2-4,15-18H2,1H3,(H,32,33)(H,34,35). The van der Waals surface area contributed by atoms with Gasteiger partial charge in [-0.3, -0.25) is 9.98 Å². The second-order valence-electron chi connectivity index (χ2n) is 9.53. The molecule has 0 saturated heterocycles. The van der Waals surface area contributed by atoms with Gasteiger partial charge in [0.05, 0.1) is 13.1 Å². The molecule has 4 aromatic rings. The lowest BCUT2D eigenvalue weighted by Gasteiger charge is -2.21. The average Bonchev–Trinajstić information content (AvgIpc) is 3.74. The van der Waals surface area contributed by atoms with E-state index in [1.54, 1.807) is 0 Å². The van der Waals surface area contributed by atoms with E-state index in [0.29, 0.717) is 0 Å². The van der Waals surface area contributed by atoms with Gasteiger partial charge in [0.1, 0.15) is 34.5 Å². The number of ether oxygens (including phenoxy) is 2. The quantitative estimate of drug-likeness (QED) is 0.266. The lowest BCUT2D eigenvalue weighted by atomic mass is 10.1. The van der Waals surface area contributed by atoms with Crippen molar-refractivity contribution >= 4 is 22.6 Å². The van der Waals surface area contributed by atoms with Crippen molar-refractivity contribution in [3.8, 4) is 22.8 Å². The van der Waals surface area contributed by atoms with Crippen LogP contribution in [0.15, 0.2) is 87.2 Å². The monoisotopic (exact) mass is 508 g/mol. The highest BCUT2D eigenvalue weighted by Gasteiger charge is 2.15. The predicted molar refractivity (Wildman–Crippen MR) is 151 cm³/mol. The molecule has 1 aromatic heterocycles. The molecule has 2 aliphatic rings. The Morgan fingerprint density at radius 2 is 1.37 bits per heavy atom. The van der Waals surface area contributed by atoms with E-state index >= 15 is 0 Å². The number of benzene rings is 3. The summed E-state index contributed by atoms with van der Waals surface area (Å²) >= 11 is 0. The number of rotatable bonds is 10. The van der Waals surface area contributed by atoms with Gasteiger partial charge in [0.15, 0.2) is 0 Å². The van der Waals surface area contributed by atoms with Gasteiger partial charge < -0.3 is 24.5 Å². The van der Waals surface area contributed by atoms with Gasteiger partial charge in [0.2, 0.25) is 6.29 Å². The van der Waals surface area contributed by atoms with Crippen LogP contribution in [0.5, 0.6) is 11.5 Å². The Morgan fingerprint density at radius 1 is 0.763 bits per heavy atom. The first-order chi connectivity index (χ1) is 18.7. The Hall–Kier alpha value is -4.26. The second kappa shape index (κ2) is 11.0. The molecular weight excluding hydrogens is 476 g/mol. The van der Waals surface area contributed by atoms with Crippen molar-refractivity contribution in [1.29, 1.82) is 0 Å². The minimum atomic E-state index is -0.370. The minimum Gasteiger partial charge on any atom is -0.456 e. The summed E-state index contributed by atoms with van der Waals surface area (Å²) < 4.78 is 18.6. The molecule has 0 saturated carbocycles. The van der Waals surface area contributed by atoms with Crippen molar-refractivity contribution in [3.63, 3.8) is 0 Å². The molecule has 0 aliphatic carbocycles. The van der Waals surface area contributed by atoms with E-state index in [9.17, 15) is 0 Å². The molecule has 6 rings (SSSR count). The van der Waals surface area contributed by atoms with Crippen LogP contribution < -0.4 is 20.1 Å². The number of nitrogens with zero attached hydrogens (tertiary/aromatic N) is 2. The van der Waals surface area contributed by atoms with Crippen molar-refractivity contribution < 1.29 is 13.9 Å². The van der Waals surface area contributed by atoms with Crippen LogP contribution in [0.1, 0.15) is 37.3 Å². The number of fused-ring (bicyclic) bond motifs is 1. The number of nitrogens with one attached hydrogen (secondary N) is 2. The SMILES string of the molecule is CCCCC(Oc1ccc(C2=NCCN2)cc1)Oc1ccc(-c2cc3cc(C4=NCCN4)ccc3o2)cc1. The van der Waals surface area contributed by atoms with Gasteiger partial charge in [-0.15, -0.1) is 0 Å². The maximum Gasteiger partial charge on any atom is 0.241 e. The molecule has 194 valence electrons. The summed E-state index contributed by atoms with van der Waals surface area (Å²) in [5, 5.41) is 7.69. The molecule has 0 fully saturated rings. The number of amidine groups is 2. The summed E-state index contributed by atoms with van der Waals surface area (Å²) in [5.74, 6) is 4.27. The maximum absolute atomic E-state index is 6.26. The molecule has 0 bridgehead atoms. The van der Waals surface area contributed by atoms with Gasteiger partial charge in [-0.25, -0.2) is 0 Å². The molecule has 2 N–H and O–H groups in total. The van der Waals surface area contributed by atoms with Crippen LogP contribution in [-0.2, 0) is 0 Å². The third-order valence-electron chi connectivity index (χ3n) is 6.73. The normalized spacial score (nSPS) is 15.5. The summed E-state index contributed by atoms with van der Waals surface area (Å²) in [4.78, 5) is 9.00.